The van der Waals surface area contributed by atoms with E-state index in [1.807, 2.05) is 47.8 Å². The van der Waals surface area contributed by atoms with Gasteiger partial charge < -0.3 is 9.47 Å². The largest absolute Gasteiger partial charge is 0.497 e. The molecule has 0 aliphatic carbocycles. The normalized spacial score (nSPS) is 15.3. The number of hydrogen-bond donors (Lipinski definition) is 0. The Morgan fingerprint density at radius 2 is 1.28 bits per heavy atom. The first-order valence-corrected chi connectivity index (χ1v) is 12.7. The molecule has 1 saturated heterocycles. The number of ether oxygens (including phenoxy) is 2. The van der Waals surface area contributed by atoms with Gasteiger partial charge in [-0.2, -0.15) is 0 Å². The standard InChI is InChI=1S/C28H28O2S2/c1-29-25-15-11-22(12-16-25)27(23-13-17-26(30-2)18-14-23)10-6-19-28(31-20-7-21-32-28)24-8-4-3-5-9-24/h3-6,8-19H,7,20-21H2,1-2H3/b19-6+. The fourth-order valence-electron chi connectivity index (χ4n) is 3.75. The number of rotatable bonds is 7. The molecule has 0 amide bonds. The number of benzene rings is 3. The number of hydrogen-bond acceptors (Lipinski definition) is 4. The van der Waals surface area contributed by atoms with Crippen LogP contribution >= 0.6 is 23.5 Å². The highest BCUT2D eigenvalue weighted by Gasteiger charge is 2.32. The first kappa shape index (κ1) is 22.6. The van der Waals surface area contributed by atoms with Gasteiger partial charge in [0.15, 0.2) is 0 Å². The number of allylic oxidation sites excluding steroid dienone is 2. The Morgan fingerprint density at radius 1 is 0.750 bits per heavy atom. The second-order valence-corrected chi connectivity index (χ2v) is 10.4. The molecule has 0 radical (unpaired) electrons. The maximum Gasteiger partial charge on any atom is 0.118 e. The van der Waals surface area contributed by atoms with Crippen LogP contribution in [0, 0.1) is 0 Å². The van der Waals surface area contributed by atoms with Crippen LogP contribution in [0.25, 0.3) is 5.57 Å². The molecule has 0 N–H and O–H groups in total. The van der Waals surface area contributed by atoms with Gasteiger partial charge >= 0.3 is 0 Å². The highest BCUT2D eigenvalue weighted by Crippen LogP contribution is 2.51. The van der Waals surface area contributed by atoms with Crippen LogP contribution < -0.4 is 9.47 Å². The van der Waals surface area contributed by atoms with Gasteiger partial charge in [0.1, 0.15) is 15.6 Å². The molecule has 0 unspecified atom stereocenters. The predicted octanol–water partition coefficient (Wildman–Crippen LogP) is 7.41. The molecule has 3 aromatic rings. The molecule has 0 atom stereocenters. The third-order valence-corrected chi connectivity index (χ3v) is 8.77. The average molecular weight is 461 g/mol. The Morgan fingerprint density at radius 3 is 1.78 bits per heavy atom. The Balaban J connectivity index is 1.72. The Labute approximate surface area is 199 Å². The van der Waals surface area contributed by atoms with Crippen LogP contribution in [0.3, 0.4) is 0 Å². The molecule has 4 rings (SSSR count). The first-order chi connectivity index (χ1) is 15.7. The van der Waals surface area contributed by atoms with Gasteiger partial charge in [-0.3, -0.25) is 0 Å². The van der Waals surface area contributed by atoms with Crippen molar-refractivity contribution in [2.45, 2.75) is 10.5 Å². The maximum absolute atomic E-state index is 5.35. The molecule has 1 fully saturated rings. The summed E-state index contributed by atoms with van der Waals surface area (Å²) in [7, 11) is 3.39. The lowest BCUT2D eigenvalue weighted by Gasteiger charge is -2.33. The van der Waals surface area contributed by atoms with E-state index < -0.39 is 0 Å². The Bertz CT molecular complexity index is 999. The smallest absolute Gasteiger partial charge is 0.118 e. The summed E-state index contributed by atoms with van der Waals surface area (Å²) in [6.45, 7) is 0. The zero-order valence-electron chi connectivity index (χ0n) is 18.5. The van der Waals surface area contributed by atoms with E-state index in [1.165, 1.54) is 29.1 Å². The van der Waals surface area contributed by atoms with E-state index in [-0.39, 0.29) is 4.08 Å². The molecule has 164 valence electrons. The van der Waals surface area contributed by atoms with Gasteiger partial charge in [0.2, 0.25) is 0 Å². The highest BCUT2D eigenvalue weighted by molar-refractivity contribution is 8.18. The van der Waals surface area contributed by atoms with E-state index in [0.717, 1.165) is 22.6 Å². The van der Waals surface area contributed by atoms with E-state index in [9.17, 15) is 0 Å². The molecule has 0 aromatic heterocycles. The van der Waals surface area contributed by atoms with Crippen molar-refractivity contribution in [2.75, 3.05) is 25.7 Å². The second-order valence-electron chi connectivity index (χ2n) is 7.48. The van der Waals surface area contributed by atoms with Crippen molar-refractivity contribution < 1.29 is 9.47 Å². The topological polar surface area (TPSA) is 18.5 Å². The molecule has 1 aliphatic heterocycles. The summed E-state index contributed by atoms with van der Waals surface area (Å²) in [6, 6.07) is 27.3. The van der Waals surface area contributed by atoms with Crippen LogP contribution in [0.1, 0.15) is 23.1 Å². The minimum Gasteiger partial charge on any atom is -0.497 e. The van der Waals surface area contributed by atoms with Gasteiger partial charge in [-0.1, -0.05) is 72.8 Å². The van der Waals surface area contributed by atoms with Crippen LogP contribution in [0.4, 0.5) is 0 Å². The van der Waals surface area contributed by atoms with Gasteiger partial charge in [0, 0.05) is 0 Å². The van der Waals surface area contributed by atoms with Gasteiger partial charge in [-0.25, -0.2) is 0 Å². The minimum atomic E-state index is -0.0407. The molecule has 4 heteroatoms. The predicted molar refractivity (Wildman–Crippen MR) is 140 cm³/mol. The second kappa shape index (κ2) is 10.8. The van der Waals surface area contributed by atoms with Gasteiger partial charge in [0.25, 0.3) is 0 Å². The molecule has 1 heterocycles. The molecule has 0 spiro atoms. The molecule has 0 saturated carbocycles. The van der Waals surface area contributed by atoms with Gasteiger partial charge in [-0.15, -0.1) is 23.5 Å². The van der Waals surface area contributed by atoms with E-state index in [1.54, 1.807) is 14.2 Å². The molecule has 1 aliphatic rings. The summed E-state index contributed by atoms with van der Waals surface area (Å²) in [5.74, 6) is 4.08. The summed E-state index contributed by atoms with van der Waals surface area (Å²) in [5.41, 5.74) is 4.83. The molecule has 3 aromatic carbocycles. The quantitative estimate of drug-likeness (QED) is 0.341. The minimum absolute atomic E-state index is 0.0407. The van der Waals surface area contributed by atoms with Crippen LogP contribution in [-0.4, -0.2) is 25.7 Å². The molecular weight excluding hydrogens is 432 g/mol. The fourth-order valence-corrected chi connectivity index (χ4v) is 6.90. The van der Waals surface area contributed by atoms with Crippen molar-refractivity contribution in [1.82, 2.24) is 0 Å². The van der Waals surface area contributed by atoms with Crippen LogP contribution in [-0.2, 0) is 4.08 Å². The van der Waals surface area contributed by atoms with Crippen molar-refractivity contribution in [3.05, 3.63) is 114 Å². The third kappa shape index (κ3) is 5.25. The molecule has 0 bridgehead atoms. The molecule has 2 nitrogen and oxygen atoms in total. The molecular formula is C28H28O2S2. The van der Waals surface area contributed by atoms with Crippen LogP contribution in [0.5, 0.6) is 11.5 Å². The first-order valence-electron chi connectivity index (χ1n) is 10.8. The van der Waals surface area contributed by atoms with Crippen molar-refractivity contribution in [3.63, 3.8) is 0 Å². The summed E-state index contributed by atoms with van der Waals surface area (Å²) < 4.78 is 10.7. The summed E-state index contributed by atoms with van der Waals surface area (Å²) in [6.07, 6.45) is 8.08. The lowest BCUT2D eigenvalue weighted by Crippen LogP contribution is -2.20. The lowest BCUT2D eigenvalue weighted by molar-refractivity contribution is 0.414. The zero-order valence-corrected chi connectivity index (χ0v) is 20.1. The van der Waals surface area contributed by atoms with E-state index in [0.29, 0.717) is 0 Å². The maximum atomic E-state index is 5.35. The van der Waals surface area contributed by atoms with Crippen molar-refractivity contribution in [1.29, 1.82) is 0 Å². The van der Waals surface area contributed by atoms with Gasteiger partial charge in [-0.05, 0) is 64.5 Å². The fraction of sp³-hybridized carbons (Fsp3) is 0.214. The molecule has 32 heavy (non-hydrogen) atoms. The van der Waals surface area contributed by atoms with Crippen LogP contribution in [0.15, 0.2) is 97.1 Å². The average Bonchev–Trinajstić information content (AvgIpc) is 2.88. The lowest BCUT2D eigenvalue weighted by atomic mass is 9.97. The van der Waals surface area contributed by atoms with Crippen molar-refractivity contribution in [3.8, 4) is 11.5 Å². The summed E-state index contributed by atoms with van der Waals surface area (Å²) in [5, 5.41) is 0. The van der Waals surface area contributed by atoms with E-state index in [4.69, 9.17) is 9.47 Å². The Hall–Kier alpha value is -2.56. The zero-order chi connectivity index (χ0) is 22.2. The monoisotopic (exact) mass is 460 g/mol. The number of thioether (sulfide) groups is 2. The van der Waals surface area contributed by atoms with E-state index in [2.05, 4.69) is 72.8 Å². The Kier molecular flexibility index (Phi) is 7.67. The van der Waals surface area contributed by atoms with Gasteiger partial charge in [0.05, 0.1) is 14.2 Å². The number of methoxy groups -OCH3 is 2. The summed E-state index contributed by atoms with van der Waals surface area (Å²) >= 11 is 4.06. The van der Waals surface area contributed by atoms with Crippen molar-refractivity contribution >= 4 is 29.1 Å². The SMILES string of the molecule is COc1ccc(C(=C/C=C/C2(c3ccccc3)SCCCS2)c2ccc(OC)cc2)cc1. The van der Waals surface area contributed by atoms with Crippen molar-refractivity contribution in [2.24, 2.45) is 0 Å². The summed E-state index contributed by atoms with van der Waals surface area (Å²) in [4.78, 5) is 0. The third-order valence-electron chi connectivity index (χ3n) is 5.48. The van der Waals surface area contributed by atoms with E-state index >= 15 is 0 Å². The van der Waals surface area contributed by atoms with Crippen LogP contribution in [0.2, 0.25) is 0 Å². The highest BCUT2D eigenvalue weighted by atomic mass is 32.2.